The van der Waals surface area contributed by atoms with Crippen LogP contribution in [-0.2, 0) is 43.2 Å². The third-order valence-corrected chi connectivity index (χ3v) is 7.38. The Balaban J connectivity index is 5.40. The number of nitrogens with one attached hydrogen (secondary N) is 7. The topological polar surface area (TPSA) is 453 Å². The van der Waals surface area contributed by atoms with Crippen LogP contribution in [0.2, 0.25) is 0 Å². The van der Waals surface area contributed by atoms with Crippen LogP contribution in [0.3, 0.4) is 0 Å². The quantitative estimate of drug-likeness (QED) is 0.0219. The van der Waals surface area contributed by atoms with E-state index in [0.717, 1.165) is 0 Å². The van der Waals surface area contributed by atoms with Gasteiger partial charge >= 0.3 is 11.9 Å². The fourth-order valence-electron chi connectivity index (χ4n) is 4.32. The molecule has 26 nitrogen and oxygen atoms in total. The molecule has 316 valence electrons. The first kappa shape index (κ1) is 49.7. The van der Waals surface area contributed by atoms with Crippen molar-refractivity contribution >= 4 is 65.2 Å². The van der Waals surface area contributed by atoms with Gasteiger partial charge in [-0.2, -0.15) is 0 Å². The lowest BCUT2D eigenvalue weighted by atomic mass is 10.1. The molecule has 0 aromatic rings. The average Bonchev–Trinajstić information content (AvgIpc) is 3.10. The maximum absolute atomic E-state index is 13.0. The summed E-state index contributed by atoms with van der Waals surface area (Å²) in [5, 5.41) is 43.2. The monoisotopic (exact) mass is 802 g/mol. The van der Waals surface area contributed by atoms with Crippen molar-refractivity contribution < 1.29 is 58.5 Å². The van der Waals surface area contributed by atoms with Crippen molar-refractivity contribution in [2.75, 3.05) is 26.2 Å². The van der Waals surface area contributed by atoms with Gasteiger partial charge in [-0.05, 0) is 46.5 Å². The molecule has 20 N–H and O–H groups in total. The van der Waals surface area contributed by atoms with Crippen molar-refractivity contribution in [1.82, 2.24) is 37.2 Å². The largest absolute Gasteiger partial charge is 0.481 e. The number of aliphatic hydroxyl groups excluding tert-OH is 1. The molecule has 0 bridgehead atoms. The molecule has 0 unspecified atom stereocenters. The molecule has 0 saturated heterocycles. The number of nitrogens with zero attached hydrogens (tertiary/aromatic N) is 2. The van der Waals surface area contributed by atoms with E-state index in [1.807, 2.05) is 5.32 Å². The minimum Gasteiger partial charge on any atom is -0.481 e. The van der Waals surface area contributed by atoms with Gasteiger partial charge in [-0.1, -0.05) is 0 Å². The summed E-state index contributed by atoms with van der Waals surface area (Å²) in [7, 11) is 0. The van der Waals surface area contributed by atoms with E-state index in [1.165, 1.54) is 20.8 Å². The molecule has 0 aliphatic heterocycles. The summed E-state index contributed by atoms with van der Waals surface area (Å²) in [6.07, 6.45) is -0.427. The molecule has 0 rings (SSSR count). The fourth-order valence-corrected chi connectivity index (χ4v) is 4.32. The highest BCUT2D eigenvalue weighted by Crippen LogP contribution is 2.03. The van der Waals surface area contributed by atoms with Crippen molar-refractivity contribution in [3.05, 3.63) is 0 Å². The van der Waals surface area contributed by atoms with E-state index in [0.29, 0.717) is 0 Å². The normalized spacial score (nSPS) is 14.3. The standard InChI is InChI=1S/C30H54N14O12/c1-13(40-27(54)18(7-5-9-37-30(34)35)43-25(52)16(31)10-21(47)48)22(49)38-11-20(46)39-14(2)23(50)42-17(6-4-8-36-29(32)33)26(53)41-15(3)24(51)44-19(12-45)28(55)56/h13-19,45H,4-12,31H2,1-3H3,(H,38,49)(H,39,46)(H,40,54)(H,41,53)(H,42,50)(H,43,52)(H,44,51)(H,47,48)(H,55,56)(H4,32,33,36)(H4,34,35,37)/t13-,14-,15-,16-,17-,18-,19-/m0/s1. The summed E-state index contributed by atoms with van der Waals surface area (Å²) in [5.74, 6) is -9.42. The molecule has 0 heterocycles. The Bertz CT molecular complexity index is 1470. The molecule has 26 heteroatoms. The molecule has 0 aliphatic carbocycles. The van der Waals surface area contributed by atoms with Crippen LogP contribution in [-0.4, -0.2) is 149 Å². The number of carboxylic acid groups (broad SMARTS) is 2. The van der Waals surface area contributed by atoms with E-state index >= 15 is 0 Å². The van der Waals surface area contributed by atoms with Crippen LogP contribution >= 0.6 is 0 Å². The maximum Gasteiger partial charge on any atom is 0.328 e. The first-order chi connectivity index (χ1) is 26.1. The predicted octanol–water partition coefficient (Wildman–Crippen LogP) is -7.94. The minimum absolute atomic E-state index is 0.0319. The van der Waals surface area contributed by atoms with Gasteiger partial charge in [0, 0.05) is 13.1 Å². The summed E-state index contributed by atoms with van der Waals surface area (Å²) in [6.45, 7) is 2.35. The smallest absolute Gasteiger partial charge is 0.328 e. The van der Waals surface area contributed by atoms with Gasteiger partial charge in [0.05, 0.1) is 25.6 Å². The van der Waals surface area contributed by atoms with Gasteiger partial charge in [-0.3, -0.25) is 48.3 Å². The molecular formula is C30H54N14O12. The Morgan fingerprint density at radius 3 is 1.39 bits per heavy atom. The Kier molecular flexibility index (Phi) is 22.8. The summed E-state index contributed by atoms with van der Waals surface area (Å²) in [6, 6.07) is -9.51. The second-order valence-corrected chi connectivity index (χ2v) is 12.3. The number of guanidine groups is 2. The zero-order valence-electron chi connectivity index (χ0n) is 31.2. The highest BCUT2D eigenvalue weighted by Gasteiger charge is 2.30. The average molecular weight is 803 g/mol. The van der Waals surface area contributed by atoms with Gasteiger partial charge in [-0.25, -0.2) is 4.79 Å². The number of amides is 7. The number of hydrogen-bond acceptors (Lipinski definition) is 13. The van der Waals surface area contributed by atoms with Crippen LogP contribution in [0.4, 0.5) is 0 Å². The van der Waals surface area contributed by atoms with Crippen LogP contribution in [0, 0.1) is 0 Å². The molecule has 0 aromatic carbocycles. The van der Waals surface area contributed by atoms with E-state index in [9.17, 15) is 43.2 Å². The zero-order valence-corrected chi connectivity index (χ0v) is 31.2. The van der Waals surface area contributed by atoms with Gasteiger partial charge < -0.3 is 81.2 Å². The Morgan fingerprint density at radius 1 is 0.571 bits per heavy atom. The molecule has 0 aromatic heterocycles. The van der Waals surface area contributed by atoms with Crippen molar-refractivity contribution in [3.63, 3.8) is 0 Å². The highest BCUT2D eigenvalue weighted by molar-refractivity contribution is 5.96. The second-order valence-electron chi connectivity index (χ2n) is 12.3. The van der Waals surface area contributed by atoms with E-state index in [4.69, 9.17) is 44.0 Å². The summed E-state index contributed by atoms with van der Waals surface area (Å²) in [5.41, 5.74) is 26.8. The maximum atomic E-state index is 13.0. The lowest BCUT2D eigenvalue weighted by Gasteiger charge is -2.24. The lowest BCUT2D eigenvalue weighted by molar-refractivity contribution is -0.143. The number of carbonyl (C=O) groups is 9. The number of aliphatic carboxylic acids is 2. The lowest BCUT2D eigenvalue weighted by Crippen LogP contribution is -2.57. The van der Waals surface area contributed by atoms with Crippen LogP contribution in [0.25, 0.3) is 0 Å². The molecule has 0 spiro atoms. The minimum atomic E-state index is -1.63. The van der Waals surface area contributed by atoms with Crippen molar-refractivity contribution in [3.8, 4) is 0 Å². The second kappa shape index (κ2) is 25.7. The Morgan fingerprint density at radius 2 is 0.982 bits per heavy atom. The molecule has 7 atom stereocenters. The van der Waals surface area contributed by atoms with Crippen LogP contribution < -0.4 is 65.9 Å². The molecule has 0 saturated carbocycles. The molecular weight excluding hydrogens is 748 g/mol. The SMILES string of the molecule is C[C@H](NC(=O)CNC(=O)[C@H](C)NC(=O)[C@H](CCCN=C(N)N)NC(=O)[C@@H](N)CC(=O)O)C(=O)N[C@@H](CCCN=C(N)N)C(=O)N[C@@H](C)C(=O)N[C@@H](CO)C(=O)O. The Hall–Kier alpha value is -6.31. The van der Waals surface area contributed by atoms with E-state index in [-0.39, 0.29) is 50.7 Å². The number of aliphatic hydroxyl groups is 1. The van der Waals surface area contributed by atoms with Gasteiger partial charge in [0.25, 0.3) is 0 Å². The van der Waals surface area contributed by atoms with Crippen LogP contribution in [0.5, 0.6) is 0 Å². The first-order valence-corrected chi connectivity index (χ1v) is 17.1. The van der Waals surface area contributed by atoms with Crippen molar-refractivity contribution in [2.45, 2.75) is 95.2 Å². The molecule has 7 amide bonds. The number of hydrogen-bond donors (Lipinski definition) is 15. The predicted molar refractivity (Wildman–Crippen MR) is 196 cm³/mol. The van der Waals surface area contributed by atoms with Gasteiger partial charge in [-0.15, -0.1) is 0 Å². The summed E-state index contributed by atoms with van der Waals surface area (Å²) in [4.78, 5) is 119. The number of aliphatic imine (C=N–C) groups is 2. The number of carbonyl (C=O) groups excluding carboxylic acids is 7. The summed E-state index contributed by atoms with van der Waals surface area (Å²) < 4.78 is 0. The van der Waals surface area contributed by atoms with E-state index in [2.05, 4.69) is 41.9 Å². The van der Waals surface area contributed by atoms with Gasteiger partial charge in [0.15, 0.2) is 11.9 Å². The third kappa shape index (κ3) is 20.8. The van der Waals surface area contributed by atoms with E-state index in [1.54, 1.807) is 0 Å². The Labute approximate surface area is 320 Å². The highest BCUT2D eigenvalue weighted by atomic mass is 16.4. The van der Waals surface area contributed by atoms with Gasteiger partial charge in [0.1, 0.15) is 36.3 Å². The molecule has 0 radical (unpaired) electrons. The van der Waals surface area contributed by atoms with Crippen molar-refractivity contribution in [1.29, 1.82) is 0 Å². The van der Waals surface area contributed by atoms with E-state index < -0.39 is 115 Å². The number of nitrogens with two attached hydrogens (primary N) is 5. The van der Waals surface area contributed by atoms with Crippen LogP contribution in [0.15, 0.2) is 9.98 Å². The first-order valence-electron chi connectivity index (χ1n) is 17.1. The fraction of sp³-hybridized carbons (Fsp3) is 0.633. The van der Waals surface area contributed by atoms with Gasteiger partial charge in [0.2, 0.25) is 41.4 Å². The number of rotatable bonds is 26. The zero-order chi connectivity index (χ0) is 43.1. The molecule has 0 fully saturated rings. The van der Waals surface area contributed by atoms with Crippen LogP contribution in [0.1, 0.15) is 52.9 Å². The third-order valence-electron chi connectivity index (χ3n) is 7.38. The summed E-state index contributed by atoms with van der Waals surface area (Å²) >= 11 is 0. The van der Waals surface area contributed by atoms with Crippen molar-refractivity contribution in [2.24, 2.45) is 38.7 Å². The molecule has 0 aliphatic rings. The molecule has 56 heavy (non-hydrogen) atoms. The number of carboxylic acids is 2.